The van der Waals surface area contributed by atoms with E-state index in [0.717, 1.165) is 23.5 Å². The molecule has 0 spiro atoms. The Morgan fingerprint density at radius 3 is 2.70 bits per heavy atom. The average Bonchev–Trinajstić information content (AvgIpc) is 2.99. The van der Waals surface area contributed by atoms with E-state index < -0.39 is 0 Å². The molecule has 0 amide bonds. The molecule has 20 heavy (non-hydrogen) atoms. The smallest absolute Gasteiger partial charge is 0.202 e. The minimum Gasteiger partial charge on any atom is -0.357 e. The van der Waals surface area contributed by atoms with Crippen molar-refractivity contribution in [1.29, 1.82) is 0 Å². The van der Waals surface area contributed by atoms with Gasteiger partial charge in [-0.15, -0.1) is 0 Å². The summed E-state index contributed by atoms with van der Waals surface area (Å²) in [7, 11) is 0. The number of aromatic nitrogens is 2. The third kappa shape index (κ3) is 2.31. The van der Waals surface area contributed by atoms with Gasteiger partial charge in [0.05, 0.1) is 0 Å². The molecule has 1 aromatic carbocycles. The Balaban J connectivity index is 1.36. The zero-order chi connectivity index (χ0) is 13.4. The van der Waals surface area contributed by atoms with Crippen LogP contribution >= 0.6 is 11.5 Å². The van der Waals surface area contributed by atoms with Crippen molar-refractivity contribution in [3.05, 3.63) is 42.2 Å². The third-order valence-corrected chi connectivity index (χ3v) is 5.10. The molecule has 2 unspecified atom stereocenters. The van der Waals surface area contributed by atoms with Crippen molar-refractivity contribution in [1.82, 2.24) is 14.3 Å². The van der Waals surface area contributed by atoms with Gasteiger partial charge in [0.2, 0.25) is 5.13 Å². The molecular formula is C15H18N4S. The van der Waals surface area contributed by atoms with E-state index in [1.807, 2.05) is 0 Å². The van der Waals surface area contributed by atoms with E-state index in [4.69, 9.17) is 0 Å². The number of rotatable bonds is 4. The first-order valence-electron chi connectivity index (χ1n) is 7.18. The molecule has 3 heterocycles. The summed E-state index contributed by atoms with van der Waals surface area (Å²) in [6.45, 7) is 3.48. The maximum Gasteiger partial charge on any atom is 0.202 e. The maximum absolute atomic E-state index is 4.23. The Labute approximate surface area is 123 Å². The minimum atomic E-state index is 0.606. The van der Waals surface area contributed by atoms with E-state index in [9.17, 15) is 0 Å². The molecule has 2 bridgehead atoms. The summed E-state index contributed by atoms with van der Waals surface area (Å²) < 4.78 is 4.06. The Morgan fingerprint density at radius 2 is 2.00 bits per heavy atom. The van der Waals surface area contributed by atoms with Crippen LogP contribution < -0.4 is 5.32 Å². The number of anilines is 1. The quantitative estimate of drug-likeness (QED) is 0.937. The maximum atomic E-state index is 4.23. The number of nitrogens with one attached hydrogen (secondary N) is 1. The molecule has 104 valence electrons. The summed E-state index contributed by atoms with van der Waals surface area (Å²) in [6, 6.07) is 11.4. The fourth-order valence-corrected chi connectivity index (χ4v) is 4.05. The molecule has 2 atom stereocenters. The molecule has 2 aliphatic heterocycles. The number of benzene rings is 1. The van der Waals surface area contributed by atoms with Crippen LogP contribution in [0.5, 0.6) is 0 Å². The predicted molar refractivity (Wildman–Crippen MR) is 80.6 cm³/mol. The van der Waals surface area contributed by atoms with Crippen LogP contribution in [-0.4, -0.2) is 33.4 Å². The second kappa shape index (κ2) is 5.14. The lowest BCUT2D eigenvalue weighted by Gasteiger charge is -2.53. The first-order valence-corrected chi connectivity index (χ1v) is 7.95. The van der Waals surface area contributed by atoms with E-state index in [2.05, 4.69) is 49.9 Å². The summed E-state index contributed by atoms with van der Waals surface area (Å²) in [6.07, 6.45) is 2.99. The van der Waals surface area contributed by atoms with Gasteiger partial charge < -0.3 is 5.32 Å². The zero-order valence-electron chi connectivity index (χ0n) is 11.3. The summed E-state index contributed by atoms with van der Waals surface area (Å²) in [4.78, 5) is 6.82. The highest BCUT2D eigenvalue weighted by Crippen LogP contribution is 2.42. The van der Waals surface area contributed by atoms with Gasteiger partial charge in [0.15, 0.2) is 0 Å². The summed E-state index contributed by atoms with van der Waals surface area (Å²) in [5, 5.41) is 4.54. The van der Waals surface area contributed by atoms with Crippen LogP contribution in [0.1, 0.15) is 12.0 Å². The Kier molecular flexibility index (Phi) is 3.16. The second-order valence-electron chi connectivity index (χ2n) is 5.85. The van der Waals surface area contributed by atoms with Gasteiger partial charge in [-0.1, -0.05) is 30.3 Å². The lowest BCUT2D eigenvalue weighted by Crippen LogP contribution is -2.60. The molecule has 0 radical (unpaired) electrons. The topological polar surface area (TPSA) is 41.0 Å². The molecule has 1 saturated carbocycles. The highest BCUT2D eigenvalue weighted by molar-refractivity contribution is 7.09. The van der Waals surface area contributed by atoms with Gasteiger partial charge in [0, 0.05) is 37.2 Å². The molecule has 5 rings (SSSR count). The summed E-state index contributed by atoms with van der Waals surface area (Å²) in [5.41, 5.74) is 1.42. The fraction of sp³-hybridized carbons (Fsp3) is 0.467. The van der Waals surface area contributed by atoms with Gasteiger partial charge in [0.1, 0.15) is 6.33 Å². The standard InChI is InChI=1S/C15H18N4S/c1-2-4-11(5-3-1)7-19-8-12-6-13(9-19)14(12)18-15-16-10-17-20-15/h1-5,10,12-14H,6-9H2,(H,16,17,18). The number of hydrogen-bond acceptors (Lipinski definition) is 5. The second-order valence-corrected chi connectivity index (χ2v) is 6.63. The number of piperidine rings is 2. The minimum absolute atomic E-state index is 0.606. The van der Waals surface area contributed by atoms with Crippen molar-refractivity contribution in [3.8, 4) is 0 Å². The molecule has 3 fully saturated rings. The fourth-order valence-electron chi connectivity index (χ4n) is 3.57. The van der Waals surface area contributed by atoms with Gasteiger partial charge in [-0.05, 0) is 23.8 Å². The van der Waals surface area contributed by atoms with Crippen molar-refractivity contribution < 1.29 is 0 Å². The average molecular weight is 286 g/mol. The zero-order valence-corrected chi connectivity index (χ0v) is 12.1. The SMILES string of the molecule is c1ccc(CN2CC3CC(C2)C3Nc2ncns2)cc1. The van der Waals surface area contributed by atoms with Crippen LogP contribution in [0, 0.1) is 11.8 Å². The Morgan fingerprint density at radius 1 is 1.20 bits per heavy atom. The summed E-state index contributed by atoms with van der Waals surface area (Å²) >= 11 is 1.46. The molecular weight excluding hydrogens is 268 g/mol. The number of fused-ring (bicyclic) bond motifs is 2. The third-order valence-electron chi connectivity index (χ3n) is 4.51. The van der Waals surface area contributed by atoms with Crippen LogP contribution in [0.2, 0.25) is 0 Å². The molecule has 2 saturated heterocycles. The lowest BCUT2D eigenvalue weighted by atomic mass is 9.66. The highest BCUT2D eigenvalue weighted by Gasteiger charge is 2.46. The molecule has 1 aromatic heterocycles. The Bertz CT molecular complexity index is 545. The van der Waals surface area contributed by atoms with Crippen molar-refractivity contribution in [2.45, 2.75) is 19.0 Å². The van der Waals surface area contributed by atoms with Crippen LogP contribution in [0.15, 0.2) is 36.7 Å². The van der Waals surface area contributed by atoms with Gasteiger partial charge >= 0.3 is 0 Å². The monoisotopic (exact) mass is 286 g/mol. The van der Waals surface area contributed by atoms with Gasteiger partial charge in [-0.25, -0.2) is 4.98 Å². The van der Waals surface area contributed by atoms with E-state index in [0.29, 0.717) is 6.04 Å². The predicted octanol–water partition coefficient (Wildman–Crippen LogP) is 2.47. The lowest BCUT2D eigenvalue weighted by molar-refractivity contribution is 0.00751. The van der Waals surface area contributed by atoms with Crippen molar-refractivity contribution >= 4 is 16.7 Å². The number of hydrogen-bond donors (Lipinski definition) is 1. The first-order chi connectivity index (χ1) is 9.88. The van der Waals surface area contributed by atoms with Crippen molar-refractivity contribution in [2.24, 2.45) is 11.8 Å². The first kappa shape index (κ1) is 12.3. The van der Waals surface area contributed by atoms with Gasteiger partial charge in [-0.3, -0.25) is 4.90 Å². The van der Waals surface area contributed by atoms with E-state index in [1.54, 1.807) is 6.33 Å². The van der Waals surface area contributed by atoms with Crippen LogP contribution in [-0.2, 0) is 6.54 Å². The van der Waals surface area contributed by atoms with Gasteiger partial charge in [-0.2, -0.15) is 4.37 Å². The molecule has 1 N–H and O–H groups in total. The van der Waals surface area contributed by atoms with Crippen LogP contribution in [0.3, 0.4) is 0 Å². The van der Waals surface area contributed by atoms with E-state index >= 15 is 0 Å². The van der Waals surface area contributed by atoms with Crippen molar-refractivity contribution in [2.75, 3.05) is 18.4 Å². The summed E-state index contributed by atoms with van der Waals surface area (Å²) in [5.74, 6) is 1.53. The van der Waals surface area contributed by atoms with E-state index in [-0.39, 0.29) is 0 Å². The van der Waals surface area contributed by atoms with Gasteiger partial charge in [0.25, 0.3) is 0 Å². The highest BCUT2D eigenvalue weighted by atomic mass is 32.1. The van der Waals surface area contributed by atoms with Crippen molar-refractivity contribution in [3.63, 3.8) is 0 Å². The molecule has 4 nitrogen and oxygen atoms in total. The Hall–Kier alpha value is -1.46. The molecule has 2 aromatic rings. The number of nitrogens with zero attached hydrogens (tertiary/aromatic N) is 3. The molecule has 3 aliphatic rings. The largest absolute Gasteiger partial charge is 0.357 e. The van der Waals surface area contributed by atoms with E-state index in [1.165, 1.54) is 36.6 Å². The van der Waals surface area contributed by atoms with Crippen LogP contribution in [0.25, 0.3) is 0 Å². The van der Waals surface area contributed by atoms with Crippen LogP contribution in [0.4, 0.5) is 5.13 Å². The molecule has 5 heteroatoms. The molecule has 1 aliphatic carbocycles. The normalized spacial score (nSPS) is 28.9.